The summed E-state index contributed by atoms with van der Waals surface area (Å²) >= 11 is 0. The molecule has 0 aromatic carbocycles. The summed E-state index contributed by atoms with van der Waals surface area (Å²) in [6, 6.07) is 0. The van der Waals surface area contributed by atoms with E-state index in [0.29, 0.717) is 18.6 Å². The van der Waals surface area contributed by atoms with E-state index in [4.69, 9.17) is 10.5 Å². The number of carbonyl (C=O) groups is 1. The maximum absolute atomic E-state index is 11.4. The van der Waals surface area contributed by atoms with Crippen LogP contribution in [-0.4, -0.2) is 43.7 Å². The zero-order valence-corrected chi connectivity index (χ0v) is 10.5. The summed E-state index contributed by atoms with van der Waals surface area (Å²) in [6.07, 6.45) is 3.58. The van der Waals surface area contributed by atoms with Crippen molar-refractivity contribution < 1.29 is 9.53 Å². The molecule has 2 N–H and O–H groups in total. The first-order valence-corrected chi connectivity index (χ1v) is 6.24. The molecule has 0 aliphatic heterocycles. The van der Waals surface area contributed by atoms with Gasteiger partial charge < -0.3 is 10.5 Å². The van der Waals surface area contributed by atoms with Crippen molar-refractivity contribution in [3.8, 4) is 0 Å². The fourth-order valence-electron chi connectivity index (χ4n) is 2.11. The number of nitrogens with two attached hydrogens (primary N) is 1. The van der Waals surface area contributed by atoms with Gasteiger partial charge >= 0.3 is 5.97 Å². The number of carbonyl (C=O) groups excluding carboxylic acids is 1. The van der Waals surface area contributed by atoms with Crippen molar-refractivity contribution in [1.82, 2.24) is 4.90 Å². The monoisotopic (exact) mass is 228 g/mol. The lowest BCUT2D eigenvalue weighted by Crippen LogP contribution is -2.36. The molecule has 0 bridgehead atoms. The van der Waals surface area contributed by atoms with Crippen molar-refractivity contribution in [2.45, 2.75) is 33.1 Å². The van der Waals surface area contributed by atoms with Crippen LogP contribution in [0.5, 0.6) is 0 Å². The lowest BCUT2D eigenvalue weighted by molar-refractivity contribution is -0.144. The summed E-state index contributed by atoms with van der Waals surface area (Å²) in [6.45, 7) is 7.42. The fraction of sp³-hybridized carbons (Fsp3) is 0.917. The molecule has 1 aliphatic carbocycles. The van der Waals surface area contributed by atoms with Crippen LogP contribution in [0.25, 0.3) is 0 Å². The van der Waals surface area contributed by atoms with E-state index < -0.39 is 0 Å². The molecule has 1 fully saturated rings. The van der Waals surface area contributed by atoms with E-state index >= 15 is 0 Å². The number of rotatable bonds is 8. The molecule has 0 unspecified atom stereocenters. The third-order valence-electron chi connectivity index (χ3n) is 3.30. The molecule has 4 nitrogen and oxygen atoms in total. The Bertz CT molecular complexity index is 227. The minimum atomic E-state index is -0.118. The number of hydrogen-bond acceptors (Lipinski definition) is 4. The van der Waals surface area contributed by atoms with Crippen LogP contribution in [0.2, 0.25) is 0 Å². The van der Waals surface area contributed by atoms with Gasteiger partial charge in [0.2, 0.25) is 0 Å². The molecule has 0 amide bonds. The second-order valence-corrected chi connectivity index (χ2v) is 4.65. The van der Waals surface area contributed by atoms with Crippen LogP contribution in [-0.2, 0) is 9.53 Å². The third kappa shape index (κ3) is 4.10. The van der Waals surface area contributed by atoms with E-state index in [9.17, 15) is 4.79 Å². The normalized spacial score (nSPS) is 17.5. The second kappa shape index (κ2) is 6.21. The minimum absolute atomic E-state index is 0.118. The van der Waals surface area contributed by atoms with Gasteiger partial charge in [0.1, 0.15) is 0 Å². The Hall–Kier alpha value is -0.610. The van der Waals surface area contributed by atoms with Crippen molar-refractivity contribution in [1.29, 1.82) is 0 Å². The first-order chi connectivity index (χ1) is 7.65. The molecule has 0 radical (unpaired) electrons. The summed E-state index contributed by atoms with van der Waals surface area (Å²) in [5.74, 6) is -0.118. The maximum Gasteiger partial charge on any atom is 0.320 e. The predicted octanol–water partition coefficient (Wildman–Crippen LogP) is 1.00. The van der Waals surface area contributed by atoms with Gasteiger partial charge in [0.05, 0.1) is 13.2 Å². The quantitative estimate of drug-likeness (QED) is 0.630. The van der Waals surface area contributed by atoms with E-state index in [1.807, 2.05) is 6.92 Å². The first-order valence-electron chi connectivity index (χ1n) is 6.24. The molecule has 0 heterocycles. The summed E-state index contributed by atoms with van der Waals surface area (Å²) in [7, 11) is 0. The summed E-state index contributed by atoms with van der Waals surface area (Å²) in [5, 5.41) is 0. The van der Waals surface area contributed by atoms with Crippen LogP contribution in [0.15, 0.2) is 0 Å². The molecule has 1 aliphatic rings. The maximum atomic E-state index is 11.4. The Labute approximate surface area is 98.1 Å². The largest absolute Gasteiger partial charge is 0.465 e. The first kappa shape index (κ1) is 13.5. The molecule has 16 heavy (non-hydrogen) atoms. The van der Waals surface area contributed by atoms with Crippen LogP contribution in [0, 0.1) is 5.41 Å². The van der Waals surface area contributed by atoms with E-state index in [0.717, 1.165) is 26.1 Å². The van der Waals surface area contributed by atoms with Crippen LogP contribution in [0.1, 0.15) is 33.1 Å². The lowest BCUT2D eigenvalue weighted by atomic mass is 10.0. The molecule has 1 rings (SSSR count). The molecule has 4 heteroatoms. The molecule has 0 aromatic heterocycles. The summed E-state index contributed by atoms with van der Waals surface area (Å²) in [5.41, 5.74) is 6.01. The molecule has 0 saturated heterocycles. The Morgan fingerprint density at radius 1 is 1.44 bits per heavy atom. The van der Waals surface area contributed by atoms with E-state index in [1.54, 1.807) is 0 Å². The van der Waals surface area contributed by atoms with Crippen molar-refractivity contribution in [2.75, 3.05) is 32.8 Å². The molecule has 1 saturated carbocycles. The number of hydrogen-bond donors (Lipinski definition) is 1. The van der Waals surface area contributed by atoms with Crippen LogP contribution in [0.4, 0.5) is 0 Å². The van der Waals surface area contributed by atoms with Gasteiger partial charge in [-0.25, -0.2) is 0 Å². The highest BCUT2D eigenvalue weighted by atomic mass is 16.5. The smallest absolute Gasteiger partial charge is 0.320 e. The van der Waals surface area contributed by atoms with Crippen LogP contribution < -0.4 is 5.73 Å². The Kier molecular flexibility index (Phi) is 5.22. The zero-order valence-electron chi connectivity index (χ0n) is 10.5. The van der Waals surface area contributed by atoms with Gasteiger partial charge in [0.15, 0.2) is 0 Å². The number of nitrogens with zero attached hydrogens (tertiary/aromatic N) is 1. The Morgan fingerprint density at radius 3 is 2.56 bits per heavy atom. The van der Waals surface area contributed by atoms with E-state index in [2.05, 4.69) is 11.8 Å². The topological polar surface area (TPSA) is 55.6 Å². The van der Waals surface area contributed by atoms with Crippen LogP contribution >= 0.6 is 0 Å². The zero-order chi connectivity index (χ0) is 12.0. The van der Waals surface area contributed by atoms with Gasteiger partial charge in [-0.05, 0) is 44.7 Å². The van der Waals surface area contributed by atoms with Gasteiger partial charge in [0, 0.05) is 6.54 Å². The molecular weight excluding hydrogens is 204 g/mol. The second-order valence-electron chi connectivity index (χ2n) is 4.65. The average Bonchev–Trinajstić information content (AvgIpc) is 2.98. The summed E-state index contributed by atoms with van der Waals surface area (Å²) in [4.78, 5) is 13.6. The highest BCUT2D eigenvalue weighted by Crippen LogP contribution is 2.48. The van der Waals surface area contributed by atoms with Gasteiger partial charge in [-0.3, -0.25) is 9.69 Å². The molecule has 0 atom stereocenters. The fourth-order valence-corrected chi connectivity index (χ4v) is 2.11. The molecule has 0 spiro atoms. The third-order valence-corrected chi connectivity index (χ3v) is 3.30. The van der Waals surface area contributed by atoms with Crippen molar-refractivity contribution >= 4 is 5.97 Å². The van der Waals surface area contributed by atoms with Gasteiger partial charge in [-0.15, -0.1) is 0 Å². The highest BCUT2D eigenvalue weighted by molar-refractivity contribution is 5.71. The Morgan fingerprint density at radius 2 is 2.12 bits per heavy atom. The number of likely N-dealkylation sites (N-methyl/N-ethyl adjacent to an activating group) is 1. The van der Waals surface area contributed by atoms with Crippen molar-refractivity contribution in [3.63, 3.8) is 0 Å². The number of ether oxygens (including phenoxy) is 1. The predicted molar refractivity (Wildman–Crippen MR) is 64.1 cm³/mol. The van der Waals surface area contributed by atoms with E-state index in [1.165, 1.54) is 12.8 Å². The Balaban J connectivity index is 2.34. The SMILES string of the molecule is CCOC(=O)CN(CC)CC1(CCN)CC1. The number of esters is 1. The minimum Gasteiger partial charge on any atom is -0.465 e. The van der Waals surface area contributed by atoms with Crippen molar-refractivity contribution in [3.05, 3.63) is 0 Å². The van der Waals surface area contributed by atoms with E-state index in [-0.39, 0.29) is 5.97 Å². The average molecular weight is 228 g/mol. The van der Waals surface area contributed by atoms with Crippen LogP contribution in [0.3, 0.4) is 0 Å². The summed E-state index contributed by atoms with van der Waals surface area (Å²) < 4.78 is 4.96. The standard InChI is InChI=1S/C12H24N2O2/c1-3-14(9-11(15)16-4-2)10-12(5-6-12)7-8-13/h3-10,13H2,1-2H3. The van der Waals surface area contributed by atoms with Crippen molar-refractivity contribution in [2.24, 2.45) is 11.1 Å². The van der Waals surface area contributed by atoms with Gasteiger partial charge in [-0.2, -0.15) is 0 Å². The molecule has 0 aromatic rings. The highest BCUT2D eigenvalue weighted by Gasteiger charge is 2.42. The van der Waals surface area contributed by atoms with Gasteiger partial charge in [-0.1, -0.05) is 6.92 Å². The van der Waals surface area contributed by atoms with Gasteiger partial charge in [0.25, 0.3) is 0 Å². The lowest BCUT2D eigenvalue weighted by Gasteiger charge is -2.25. The molecular formula is C12H24N2O2. The molecule has 94 valence electrons.